The van der Waals surface area contributed by atoms with E-state index in [4.69, 9.17) is 10.5 Å². The molecule has 1 aromatic carbocycles. The van der Waals surface area contributed by atoms with Gasteiger partial charge in [0.1, 0.15) is 0 Å². The van der Waals surface area contributed by atoms with Crippen molar-refractivity contribution in [2.75, 3.05) is 12.4 Å². The second-order valence-electron chi connectivity index (χ2n) is 6.99. The maximum Gasteiger partial charge on any atom is 0.339 e. The van der Waals surface area contributed by atoms with Crippen molar-refractivity contribution in [3.8, 4) is 0 Å². The van der Waals surface area contributed by atoms with E-state index in [1.165, 1.54) is 18.2 Å². The number of esters is 1. The number of guanidine groups is 1. The number of carbonyl (C=O) groups excluding carboxylic acids is 1. The molecule has 7 heteroatoms. The van der Waals surface area contributed by atoms with Crippen LogP contribution in [-0.2, 0) is 24.1 Å². The zero-order valence-corrected chi connectivity index (χ0v) is 19.5. The molecule has 1 saturated carbocycles. The molecule has 0 radical (unpaired) electrons. The molecule has 0 aliphatic heterocycles. The highest BCUT2D eigenvalue weighted by Gasteiger charge is 2.30. The summed E-state index contributed by atoms with van der Waals surface area (Å²) in [5.74, 6) is 0.369. The summed E-state index contributed by atoms with van der Waals surface area (Å²) in [6.07, 6.45) is 3.96. The summed E-state index contributed by atoms with van der Waals surface area (Å²) in [6, 6.07) is 9.87. The molecule has 2 aromatic rings. The fraction of sp³-hybridized carbons (Fsp3) is 0.409. The van der Waals surface area contributed by atoms with E-state index in [-0.39, 0.29) is 29.9 Å². The highest BCUT2D eigenvalue weighted by Crippen LogP contribution is 2.40. The Balaban J connectivity index is 0.00000300. The van der Waals surface area contributed by atoms with Crippen LogP contribution in [0.4, 0.5) is 5.69 Å². The van der Waals surface area contributed by atoms with Crippen LogP contribution in [-0.4, -0.2) is 24.0 Å². The first-order valence-electron chi connectivity index (χ1n) is 9.83. The molecule has 0 bridgehead atoms. The van der Waals surface area contributed by atoms with Gasteiger partial charge < -0.3 is 15.8 Å². The van der Waals surface area contributed by atoms with Crippen LogP contribution in [0.3, 0.4) is 0 Å². The van der Waals surface area contributed by atoms with Crippen molar-refractivity contribution < 1.29 is 9.53 Å². The fourth-order valence-corrected chi connectivity index (χ4v) is 3.29. The molecule has 1 aliphatic rings. The third-order valence-electron chi connectivity index (χ3n) is 5.02. The van der Waals surface area contributed by atoms with Crippen molar-refractivity contribution in [1.82, 2.24) is 4.98 Å². The van der Waals surface area contributed by atoms with Crippen LogP contribution in [0.25, 0.3) is 0 Å². The standard InChI is InChI=1S/C22H28N4O2.HI/c1-4-14-7-6-8-15(5-2)19(14)26-22(23)24-13-17-11-12-18(21(27)28-3)20(25-17)16-9-10-16;/h6-8,11-12,16H,4-5,9-10,13H2,1-3H3,(H3,23,24,26);1H. The highest BCUT2D eigenvalue weighted by molar-refractivity contribution is 14.0. The molecule has 0 unspecified atom stereocenters. The summed E-state index contributed by atoms with van der Waals surface area (Å²) in [6.45, 7) is 4.61. The minimum absolute atomic E-state index is 0. The number of hydrogen-bond acceptors (Lipinski definition) is 4. The first-order valence-corrected chi connectivity index (χ1v) is 9.83. The lowest BCUT2D eigenvalue weighted by molar-refractivity contribution is 0.0598. The number of nitrogens with two attached hydrogens (primary N) is 1. The van der Waals surface area contributed by atoms with Crippen LogP contribution in [0.15, 0.2) is 35.3 Å². The number of ether oxygens (including phenoxy) is 1. The van der Waals surface area contributed by atoms with Crippen LogP contribution in [0, 0.1) is 0 Å². The number of nitrogens with zero attached hydrogens (tertiary/aromatic N) is 2. The van der Waals surface area contributed by atoms with Crippen LogP contribution in [0.5, 0.6) is 0 Å². The van der Waals surface area contributed by atoms with Gasteiger partial charge in [-0.15, -0.1) is 24.0 Å². The SMILES string of the molecule is CCc1cccc(CC)c1NC(N)=NCc1ccc(C(=O)OC)c(C2CC2)n1.I. The van der Waals surface area contributed by atoms with Crippen molar-refractivity contribution in [3.05, 3.63) is 58.4 Å². The normalized spacial score (nSPS) is 13.6. The van der Waals surface area contributed by atoms with E-state index in [0.29, 0.717) is 24.0 Å². The van der Waals surface area contributed by atoms with Gasteiger partial charge in [-0.05, 0) is 48.9 Å². The van der Waals surface area contributed by atoms with E-state index in [0.717, 1.165) is 42.8 Å². The molecule has 1 heterocycles. The quantitative estimate of drug-likeness (QED) is 0.250. The number of pyridine rings is 1. The zero-order valence-electron chi connectivity index (χ0n) is 17.2. The number of methoxy groups -OCH3 is 1. The molecule has 0 saturated heterocycles. The van der Waals surface area contributed by atoms with Gasteiger partial charge in [0.25, 0.3) is 0 Å². The molecular weight excluding hydrogens is 479 g/mol. The van der Waals surface area contributed by atoms with Crippen LogP contribution < -0.4 is 11.1 Å². The monoisotopic (exact) mass is 508 g/mol. The minimum atomic E-state index is -0.339. The van der Waals surface area contributed by atoms with Gasteiger partial charge in [-0.2, -0.15) is 0 Å². The zero-order chi connectivity index (χ0) is 20.1. The van der Waals surface area contributed by atoms with Crippen LogP contribution in [0.2, 0.25) is 0 Å². The third-order valence-corrected chi connectivity index (χ3v) is 5.02. The number of anilines is 1. The molecule has 1 aromatic heterocycles. The highest BCUT2D eigenvalue weighted by atomic mass is 127. The minimum Gasteiger partial charge on any atom is -0.465 e. The molecular formula is C22H29IN4O2. The van der Waals surface area contributed by atoms with Gasteiger partial charge in [0.05, 0.1) is 30.6 Å². The molecule has 29 heavy (non-hydrogen) atoms. The van der Waals surface area contributed by atoms with Crippen LogP contribution in [0.1, 0.15) is 65.5 Å². The smallest absolute Gasteiger partial charge is 0.339 e. The predicted molar refractivity (Wildman–Crippen MR) is 127 cm³/mol. The number of rotatable bonds is 7. The summed E-state index contributed by atoms with van der Waals surface area (Å²) >= 11 is 0. The second-order valence-corrected chi connectivity index (χ2v) is 6.99. The number of para-hydroxylation sites is 1. The van der Waals surface area contributed by atoms with Crippen molar-refractivity contribution in [1.29, 1.82) is 0 Å². The summed E-state index contributed by atoms with van der Waals surface area (Å²) in [7, 11) is 1.39. The van der Waals surface area contributed by atoms with Crippen LogP contribution >= 0.6 is 24.0 Å². The van der Waals surface area contributed by atoms with E-state index in [9.17, 15) is 4.79 Å². The van der Waals surface area contributed by atoms with E-state index in [1.54, 1.807) is 6.07 Å². The number of aliphatic imine (C=N–C) groups is 1. The van der Waals surface area contributed by atoms with Gasteiger partial charge in [0.2, 0.25) is 0 Å². The average Bonchev–Trinajstić information content (AvgIpc) is 3.57. The van der Waals surface area contributed by atoms with E-state index >= 15 is 0 Å². The molecule has 3 N–H and O–H groups in total. The number of benzene rings is 1. The number of aromatic nitrogens is 1. The van der Waals surface area contributed by atoms with Crippen molar-refractivity contribution in [2.24, 2.45) is 10.7 Å². The van der Waals surface area contributed by atoms with Crippen molar-refractivity contribution in [2.45, 2.75) is 52.0 Å². The lowest BCUT2D eigenvalue weighted by atomic mass is 10.0. The summed E-state index contributed by atoms with van der Waals surface area (Å²) in [5, 5.41) is 3.27. The van der Waals surface area contributed by atoms with Gasteiger partial charge in [0.15, 0.2) is 5.96 Å². The van der Waals surface area contributed by atoms with Crippen molar-refractivity contribution >= 4 is 41.6 Å². The first kappa shape index (κ1) is 23.1. The average molecular weight is 508 g/mol. The maximum absolute atomic E-state index is 11.9. The number of nitrogens with one attached hydrogen (secondary N) is 1. The molecule has 3 rings (SSSR count). The van der Waals surface area contributed by atoms with Gasteiger partial charge >= 0.3 is 5.97 Å². The summed E-state index contributed by atoms with van der Waals surface area (Å²) in [4.78, 5) is 21.1. The van der Waals surface area contributed by atoms with E-state index in [2.05, 4.69) is 47.3 Å². The van der Waals surface area contributed by atoms with Gasteiger partial charge in [-0.25, -0.2) is 9.79 Å². The fourth-order valence-electron chi connectivity index (χ4n) is 3.29. The molecule has 6 nitrogen and oxygen atoms in total. The van der Waals surface area contributed by atoms with E-state index in [1.807, 2.05) is 6.07 Å². The molecule has 0 atom stereocenters. The Morgan fingerprint density at radius 2 is 1.86 bits per heavy atom. The number of aryl methyl sites for hydroxylation is 2. The number of hydrogen-bond donors (Lipinski definition) is 2. The summed E-state index contributed by atoms with van der Waals surface area (Å²) in [5.41, 5.74) is 11.8. The molecule has 1 fully saturated rings. The largest absolute Gasteiger partial charge is 0.465 e. The Labute approximate surface area is 189 Å². The lowest BCUT2D eigenvalue weighted by Gasteiger charge is -2.15. The molecule has 0 amide bonds. The summed E-state index contributed by atoms with van der Waals surface area (Å²) < 4.78 is 4.87. The second kappa shape index (κ2) is 10.6. The van der Waals surface area contributed by atoms with Gasteiger partial charge in [-0.3, -0.25) is 4.98 Å². The Morgan fingerprint density at radius 1 is 1.21 bits per heavy atom. The first-order chi connectivity index (χ1) is 13.6. The third kappa shape index (κ3) is 5.68. The van der Waals surface area contributed by atoms with Gasteiger partial charge in [0, 0.05) is 11.6 Å². The van der Waals surface area contributed by atoms with Crippen molar-refractivity contribution in [3.63, 3.8) is 0 Å². The van der Waals surface area contributed by atoms with Gasteiger partial charge in [-0.1, -0.05) is 32.0 Å². The Bertz CT molecular complexity index is 872. The van der Waals surface area contributed by atoms with E-state index < -0.39 is 0 Å². The number of halogens is 1. The maximum atomic E-state index is 11.9. The Hall–Kier alpha value is -2.16. The predicted octanol–water partition coefficient (Wildman–Crippen LogP) is 4.42. The Kier molecular flexibility index (Phi) is 8.43. The number of carbonyl (C=O) groups is 1. The topological polar surface area (TPSA) is 89.6 Å². The lowest BCUT2D eigenvalue weighted by Crippen LogP contribution is -2.24. The molecule has 1 aliphatic carbocycles. The molecule has 0 spiro atoms. The molecule has 156 valence electrons. The Morgan fingerprint density at radius 3 is 2.41 bits per heavy atom.